The van der Waals surface area contributed by atoms with Gasteiger partial charge in [-0.05, 0) is 24.6 Å². The van der Waals surface area contributed by atoms with E-state index in [1.54, 1.807) is 14.2 Å². The van der Waals surface area contributed by atoms with Gasteiger partial charge in [-0.25, -0.2) is 4.98 Å². The molecule has 7 heteroatoms. The Hall–Kier alpha value is -2.57. The van der Waals surface area contributed by atoms with Crippen LogP contribution in [0, 0.1) is 6.92 Å². The maximum absolute atomic E-state index is 10.6. The Morgan fingerprint density at radius 1 is 1.29 bits per heavy atom. The van der Waals surface area contributed by atoms with Crippen molar-refractivity contribution in [1.29, 1.82) is 0 Å². The molecule has 7 nitrogen and oxygen atoms in total. The zero-order valence-corrected chi connectivity index (χ0v) is 12.1. The predicted molar refractivity (Wildman–Crippen MR) is 75.6 cm³/mol. The Morgan fingerprint density at radius 3 is 2.43 bits per heavy atom. The molecular weight excluding hydrogens is 274 g/mol. The van der Waals surface area contributed by atoms with Crippen molar-refractivity contribution in [3.8, 4) is 22.9 Å². The van der Waals surface area contributed by atoms with E-state index < -0.39 is 5.97 Å². The monoisotopic (exact) mass is 291 g/mol. The van der Waals surface area contributed by atoms with E-state index in [4.69, 9.17) is 14.6 Å². The Bertz CT molecular complexity index is 626. The van der Waals surface area contributed by atoms with Gasteiger partial charge in [0.2, 0.25) is 0 Å². The molecule has 0 atom stereocenters. The third-order valence-corrected chi connectivity index (χ3v) is 2.98. The van der Waals surface area contributed by atoms with Crippen molar-refractivity contribution in [2.75, 3.05) is 14.2 Å². The number of rotatable bonds is 6. The maximum Gasteiger partial charge on any atom is 0.303 e. The second-order valence-electron chi connectivity index (χ2n) is 4.54. The van der Waals surface area contributed by atoms with Crippen molar-refractivity contribution in [3.63, 3.8) is 0 Å². The molecule has 0 unspecified atom stereocenters. The summed E-state index contributed by atoms with van der Waals surface area (Å²) in [4.78, 5) is 14.9. The molecule has 0 bridgehead atoms. The number of benzene rings is 1. The average Bonchev–Trinajstić information content (AvgIpc) is 2.92. The van der Waals surface area contributed by atoms with Crippen LogP contribution in [0.25, 0.3) is 11.4 Å². The van der Waals surface area contributed by atoms with Crippen LogP contribution in [0.5, 0.6) is 11.5 Å². The third-order valence-electron chi connectivity index (χ3n) is 2.98. The number of H-pyrrole nitrogens is 1. The number of aryl methyl sites for hydroxylation is 2. The molecule has 1 aromatic carbocycles. The standard InChI is InChI=1S/C14H17N3O4/c1-8-6-9(20-2)13(10(7-8)21-3)14-15-11(16-17-14)4-5-12(18)19/h6-7H,4-5H2,1-3H3,(H,18,19)(H,15,16,17). The second kappa shape index (κ2) is 6.25. The highest BCUT2D eigenvalue weighted by molar-refractivity contribution is 5.72. The number of aromatic amines is 1. The van der Waals surface area contributed by atoms with E-state index in [9.17, 15) is 4.79 Å². The van der Waals surface area contributed by atoms with Crippen LogP contribution in [0.4, 0.5) is 0 Å². The Balaban J connectivity index is 2.39. The van der Waals surface area contributed by atoms with Crippen LogP contribution >= 0.6 is 0 Å². The van der Waals surface area contributed by atoms with E-state index in [1.807, 2.05) is 19.1 Å². The van der Waals surface area contributed by atoms with E-state index >= 15 is 0 Å². The highest BCUT2D eigenvalue weighted by atomic mass is 16.5. The number of hydrogen-bond acceptors (Lipinski definition) is 5. The van der Waals surface area contributed by atoms with Crippen molar-refractivity contribution in [1.82, 2.24) is 15.2 Å². The van der Waals surface area contributed by atoms with Gasteiger partial charge in [-0.15, -0.1) is 0 Å². The highest BCUT2D eigenvalue weighted by Crippen LogP contribution is 2.37. The van der Waals surface area contributed by atoms with Crippen LogP contribution in [0.3, 0.4) is 0 Å². The summed E-state index contributed by atoms with van der Waals surface area (Å²) in [5, 5.41) is 15.6. The van der Waals surface area contributed by atoms with Gasteiger partial charge in [0.1, 0.15) is 22.9 Å². The minimum absolute atomic E-state index is 0.00317. The molecule has 0 saturated heterocycles. The summed E-state index contributed by atoms with van der Waals surface area (Å²) >= 11 is 0. The second-order valence-corrected chi connectivity index (χ2v) is 4.54. The summed E-state index contributed by atoms with van der Waals surface area (Å²) in [6.45, 7) is 1.94. The summed E-state index contributed by atoms with van der Waals surface area (Å²) in [6.07, 6.45) is 0.287. The molecule has 1 aromatic heterocycles. The molecule has 0 saturated carbocycles. The van der Waals surface area contributed by atoms with Gasteiger partial charge in [0, 0.05) is 6.42 Å². The van der Waals surface area contributed by atoms with Crippen LogP contribution in [-0.4, -0.2) is 40.5 Å². The normalized spacial score (nSPS) is 10.4. The van der Waals surface area contributed by atoms with Gasteiger partial charge in [-0.3, -0.25) is 9.89 Å². The molecule has 2 rings (SSSR count). The van der Waals surface area contributed by atoms with Gasteiger partial charge in [-0.1, -0.05) is 0 Å². The average molecular weight is 291 g/mol. The first-order valence-electron chi connectivity index (χ1n) is 6.41. The van der Waals surface area contributed by atoms with Gasteiger partial charge in [-0.2, -0.15) is 5.10 Å². The fourth-order valence-corrected chi connectivity index (χ4v) is 2.01. The lowest BCUT2D eigenvalue weighted by Gasteiger charge is -2.11. The lowest BCUT2D eigenvalue weighted by Crippen LogP contribution is -1.99. The first-order valence-corrected chi connectivity index (χ1v) is 6.41. The molecular formula is C14H17N3O4. The summed E-state index contributed by atoms with van der Waals surface area (Å²) in [5.74, 6) is 1.27. The number of aromatic nitrogens is 3. The molecule has 112 valence electrons. The number of carboxylic acid groups (broad SMARTS) is 1. The summed E-state index contributed by atoms with van der Waals surface area (Å²) in [6, 6.07) is 3.73. The van der Waals surface area contributed by atoms with Crippen LogP contribution in [0.2, 0.25) is 0 Å². The Labute approximate surface area is 121 Å². The van der Waals surface area contributed by atoms with Crippen LogP contribution < -0.4 is 9.47 Å². The number of carboxylic acids is 1. The first kappa shape index (κ1) is 14.8. The maximum atomic E-state index is 10.6. The van der Waals surface area contributed by atoms with Crippen LogP contribution in [0.1, 0.15) is 17.8 Å². The number of nitrogens with zero attached hydrogens (tertiary/aromatic N) is 2. The molecule has 1 heterocycles. The number of ether oxygens (including phenoxy) is 2. The molecule has 21 heavy (non-hydrogen) atoms. The molecule has 0 spiro atoms. The summed E-state index contributed by atoms with van der Waals surface area (Å²) in [7, 11) is 3.13. The van der Waals surface area contributed by atoms with Crippen molar-refractivity contribution in [3.05, 3.63) is 23.5 Å². The zero-order valence-electron chi connectivity index (χ0n) is 12.1. The Morgan fingerprint density at radius 2 is 1.90 bits per heavy atom. The molecule has 0 aliphatic heterocycles. The predicted octanol–water partition coefficient (Wildman–Crippen LogP) is 1.81. The minimum Gasteiger partial charge on any atom is -0.496 e. The lowest BCUT2D eigenvalue weighted by atomic mass is 10.1. The smallest absolute Gasteiger partial charge is 0.303 e. The van der Waals surface area contributed by atoms with Gasteiger partial charge in [0.05, 0.1) is 20.6 Å². The van der Waals surface area contributed by atoms with Gasteiger partial charge in [0.25, 0.3) is 0 Å². The van der Waals surface area contributed by atoms with Gasteiger partial charge < -0.3 is 14.6 Å². The fraction of sp³-hybridized carbons (Fsp3) is 0.357. The Kier molecular flexibility index (Phi) is 4.42. The van der Waals surface area contributed by atoms with Gasteiger partial charge >= 0.3 is 5.97 Å². The van der Waals surface area contributed by atoms with Crippen molar-refractivity contribution < 1.29 is 19.4 Å². The van der Waals surface area contributed by atoms with E-state index in [1.165, 1.54) is 0 Å². The quantitative estimate of drug-likeness (QED) is 0.842. The van der Waals surface area contributed by atoms with E-state index in [-0.39, 0.29) is 6.42 Å². The number of nitrogens with one attached hydrogen (secondary N) is 1. The number of aliphatic carboxylic acids is 1. The highest BCUT2D eigenvalue weighted by Gasteiger charge is 2.18. The zero-order chi connectivity index (χ0) is 15.4. The molecule has 2 N–H and O–H groups in total. The van der Waals surface area contributed by atoms with Gasteiger partial charge in [0.15, 0.2) is 5.82 Å². The topological polar surface area (TPSA) is 97.3 Å². The number of methoxy groups -OCH3 is 2. The van der Waals surface area contributed by atoms with Crippen LogP contribution in [-0.2, 0) is 11.2 Å². The molecule has 0 radical (unpaired) electrons. The van der Waals surface area contributed by atoms with E-state index in [0.29, 0.717) is 35.1 Å². The molecule has 0 aliphatic rings. The number of hydrogen-bond donors (Lipinski definition) is 2. The van der Waals surface area contributed by atoms with Crippen molar-refractivity contribution in [2.45, 2.75) is 19.8 Å². The van der Waals surface area contributed by atoms with E-state index in [0.717, 1.165) is 5.56 Å². The molecule has 2 aromatic rings. The molecule has 0 aliphatic carbocycles. The van der Waals surface area contributed by atoms with Crippen molar-refractivity contribution >= 4 is 5.97 Å². The third kappa shape index (κ3) is 3.31. The summed E-state index contributed by atoms with van der Waals surface area (Å²) < 4.78 is 10.7. The summed E-state index contributed by atoms with van der Waals surface area (Å²) in [5.41, 5.74) is 1.64. The van der Waals surface area contributed by atoms with Crippen molar-refractivity contribution in [2.24, 2.45) is 0 Å². The lowest BCUT2D eigenvalue weighted by molar-refractivity contribution is -0.137. The molecule has 0 amide bonds. The minimum atomic E-state index is -0.876. The van der Waals surface area contributed by atoms with Crippen LogP contribution in [0.15, 0.2) is 12.1 Å². The largest absolute Gasteiger partial charge is 0.496 e. The van der Waals surface area contributed by atoms with E-state index in [2.05, 4.69) is 15.2 Å². The molecule has 0 fully saturated rings. The SMILES string of the molecule is COc1cc(C)cc(OC)c1-c1n[nH]c(CCC(=O)O)n1. The first-order chi connectivity index (χ1) is 10.0. The fourth-order valence-electron chi connectivity index (χ4n) is 2.01. The number of carbonyl (C=O) groups is 1.